The average Bonchev–Trinajstić information content (AvgIpc) is 2.33. The molecule has 1 aliphatic carbocycles. The quantitative estimate of drug-likeness (QED) is 0.718. The van der Waals surface area contributed by atoms with Crippen LogP contribution in [-0.2, 0) is 9.59 Å². The van der Waals surface area contributed by atoms with Crippen molar-refractivity contribution in [1.82, 2.24) is 10.6 Å². The largest absolute Gasteiger partial charge is 0.481 e. The molecule has 0 aromatic heterocycles. The van der Waals surface area contributed by atoms with Gasteiger partial charge in [0, 0.05) is 6.04 Å². The van der Waals surface area contributed by atoms with Crippen LogP contribution in [0.2, 0.25) is 0 Å². The lowest BCUT2D eigenvalue weighted by molar-refractivity contribution is -0.150. The van der Waals surface area contributed by atoms with E-state index in [2.05, 4.69) is 10.6 Å². The molecule has 5 heteroatoms. The smallest absolute Gasteiger partial charge is 0.307 e. The van der Waals surface area contributed by atoms with E-state index in [1.54, 1.807) is 7.05 Å². The van der Waals surface area contributed by atoms with Gasteiger partial charge in [-0.15, -0.1) is 0 Å². The van der Waals surface area contributed by atoms with Gasteiger partial charge in [-0.3, -0.25) is 9.59 Å². The zero-order chi connectivity index (χ0) is 14.8. The summed E-state index contributed by atoms with van der Waals surface area (Å²) in [5, 5.41) is 15.2. The van der Waals surface area contributed by atoms with Gasteiger partial charge in [-0.25, -0.2) is 0 Å². The van der Waals surface area contributed by atoms with Crippen molar-refractivity contribution in [3.63, 3.8) is 0 Å². The van der Waals surface area contributed by atoms with Crippen molar-refractivity contribution < 1.29 is 14.7 Å². The van der Waals surface area contributed by atoms with Crippen LogP contribution in [0.15, 0.2) is 0 Å². The normalized spacial score (nSPS) is 31.5. The number of rotatable bonds is 4. The van der Waals surface area contributed by atoms with Crippen LogP contribution < -0.4 is 10.6 Å². The molecule has 0 bridgehead atoms. The van der Waals surface area contributed by atoms with Crippen molar-refractivity contribution in [1.29, 1.82) is 0 Å². The van der Waals surface area contributed by atoms with Crippen molar-refractivity contribution in [2.75, 3.05) is 7.05 Å². The number of nitrogens with one attached hydrogen (secondary N) is 2. The van der Waals surface area contributed by atoms with Crippen LogP contribution in [-0.4, -0.2) is 36.1 Å². The van der Waals surface area contributed by atoms with Gasteiger partial charge in [-0.1, -0.05) is 20.8 Å². The summed E-state index contributed by atoms with van der Waals surface area (Å²) >= 11 is 0. The summed E-state index contributed by atoms with van der Waals surface area (Å²) in [6.07, 6.45) is 1.34. The second-order valence-corrected chi connectivity index (χ2v) is 6.20. The number of carboxylic acid groups (broad SMARTS) is 1. The monoisotopic (exact) mass is 270 g/mol. The Hall–Kier alpha value is -1.10. The van der Waals surface area contributed by atoms with Crippen molar-refractivity contribution in [3.05, 3.63) is 0 Å². The molecule has 0 aliphatic heterocycles. The molecule has 0 aromatic carbocycles. The van der Waals surface area contributed by atoms with Gasteiger partial charge in [0.1, 0.15) is 0 Å². The van der Waals surface area contributed by atoms with Crippen LogP contribution >= 0.6 is 0 Å². The Morgan fingerprint density at radius 2 is 1.89 bits per heavy atom. The van der Waals surface area contributed by atoms with E-state index in [-0.39, 0.29) is 35.2 Å². The fraction of sp³-hybridized carbons (Fsp3) is 0.857. The number of hydrogen-bond acceptors (Lipinski definition) is 3. The minimum absolute atomic E-state index is 0.0241. The van der Waals surface area contributed by atoms with Crippen LogP contribution in [0.1, 0.15) is 40.5 Å². The molecule has 1 aliphatic rings. The first-order chi connectivity index (χ1) is 8.71. The van der Waals surface area contributed by atoms with Gasteiger partial charge < -0.3 is 15.7 Å². The van der Waals surface area contributed by atoms with E-state index in [1.807, 2.05) is 27.7 Å². The zero-order valence-electron chi connectivity index (χ0n) is 12.5. The number of carbonyl (C=O) groups is 2. The SMILES string of the molecule is CNC(C)C(=O)NC1CCC(C(=O)O)C(C)(C)C1C. The van der Waals surface area contributed by atoms with Gasteiger partial charge in [-0.2, -0.15) is 0 Å². The highest BCUT2D eigenvalue weighted by molar-refractivity contribution is 5.81. The molecule has 0 heterocycles. The lowest BCUT2D eigenvalue weighted by atomic mass is 9.61. The fourth-order valence-corrected chi connectivity index (χ4v) is 2.88. The summed E-state index contributed by atoms with van der Waals surface area (Å²) in [6, 6.07) is -0.179. The Bertz CT molecular complexity index is 355. The molecule has 1 amide bonds. The summed E-state index contributed by atoms with van der Waals surface area (Å²) in [6.45, 7) is 7.81. The third-order valence-electron chi connectivity index (χ3n) is 4.89. The third kappa shape index (κ3) is 3.26. The molecule has 19 heavy (non-hydrogen) atoms. The molecule has 4 atom stereocenters. The first-order valence-corrected chi connectivity index (χ1v) is 6.92. The van der Waals surface area contributed by atoms with Crippen LogP contribution in [0.5, 0.6) is 0 Å². The highest BCUT2D eigenvalue weighted by Gasteiger charge is 2.46. The number of likely N-dealkylation sites (N-methyl/N-ethyl adjacent to an activating group) is 1. The maximum Gasteiger partial charge on any atom is 0.307 e. The molecular weight excluding hydrogens is 244 g/mol. The van der Waals surface area contributed by atoms with Crippen molar-refractivity contribution in [3.8, 4) is 0 Å². The van der Waals surface area contributed by atoms with E-state index in [4.69, 9.17) is 0 Å². The predicted molar refractivity (Wildman–Crippen MR) is 73.8 cm³/mol. The highest BCUT2D eigenvalue weighted by atomic mass is 16.4. The molecule has 0 aromatic rings. The Balaban J connectivity index is 2.75. The first-order valence-electron chi connectivity index (χ1n) is 6.92. The molecule has 5 nitrogen and oxygen atoms in total. The molecule has 0 radical (unpaired) electrons. The van der Waals surface area contributed by atoms with Crippen LogP contribution in [0.25, 0.3) is 0 Å². The summed E-state index contributed by atoms with van der Waals surface area (Å²) in [5.41, 5.74) is -0.315. The standard InChI is InChI=1S/C14H26N2O3/c1-8-11(16-12(17)9(2)15-5)7-6-10(13(18)19)14(8,3)4/h8-11,15H,6-7H2,1-5H3,(H,16,17)(H,18,19). The van der Waals surface area contributed by atoms with E-state index >= 15 is 0 Å². The molecule has 0 spiro atoms. The summed E-state index contributed by atoms with van der Waals surface area (Å²) in [7, 11) is 1.75. The number of carbonyl (C=O) groups excluding carboxylic acids is 1. The van der Waals surface area contributed by atoms with Gasteiger partial charge in [0.25, 0.3) is 0 Å². The molecule has 110 valence electrons. The maximum atomic E-state index is 11.9. The predicted octanol–water partition coefficient (Wildman–Crippen LogP) is 1.24. The van der Waals surface area contributed by atoms with E-state index in [1.165, 1.54) is 0 Å². The first kappa shape index (κ1) is 16.0. The fourth-order valence-electron chi connectivity index (χ4n) is 2.88. The van der Waals surface area contributed by atoms with E-state index in [9.17, 15) is 14.7 Å². The number of amides is 1. The molecule has 3 N–H and O–H groups in total. The van der Waals surface area contributed by atoms with Gasteiger partial charge in [0.15, 0.2) is 0 Å². The molecule has 1 saturated carbocycles. The third-order valence-corrected chi connectivity index (χ3v) is 4.89. The molecular formula is C14H26N2O3. The summed E-state index contributed by atoms with van der Waals surface area (Å²) in [5.74, 6) is -0.957. The number of hydrogen-bond donors (Lipinski definition) is 3. The Morgan fingerprint density at radius 3 is 2.37 bits per heavy atom. The average molecular weight is 270 g/mol. The molecule has 1 fully saturated rings. The summed E-state index contributed by atoms with van der Waals surface area (Å²) in [4.78, 5) is 23.2. The molecule has 4 unspecified atom stereocenters. The van der Waals surface area contributed by atoms with Crippen molar-refractivity contribution in [2.45, 2.75) is 52.6 Å². The van der Waals surface area contributed by atoms with Crippen LogP contribution in [0.3, 0.4) is 0 Å². The number of aliphatic carboxylic acids is 1. The van der Waals surface area contributed by atoms with Crippen LogP contribution in [0, 0.1) is 17.3 Å². The van der Waals surface area contributed by atoms with Gasteiger partial charge in [0.2, 0.25) is 5.91 Å². The second kappa shape index (κ2) is 5.90. The van der Waals surface area contributed by atoms with E-state index in [0.717, 1.165) is 6.42 Å². The topological polar surface area (TPSA) is 78.4 Å². The van der Waals surface area contributed by atoms with Crippen molar-refractivity contribution in [2.24, 2.45) is 17.3 Å². The highest BCUT2D eigenvalue weighted by Crippen LogP contribution is 2.45. The van der Waals surface area contributed by atoms with Gasteiger partial charge >= 0.3 is 5.97 Å². The Labute approximate surface area is 115 Å². The lowest BCUT2D eigenvalue weighted by Crippen LogP contribution is -2.54. The van der Waals surface area contributed by atoms with Gasteiger partial charge in [0.05, 0.1) is 12.0 Å². The van der Waals surface area contributed by atoms with Crippen LogP contribution in [0.4, 0.5) is 0 Å². The second-order valence-electron chi connectivity index (χ2n) is 6.20. The Kier molecular flexibility index (Phi) is 4.96. The minimum atomic E-state index is -0.731. The van der Waals surface area contributed by atoms with Gasteiger partial charge in [-0.05, 0) is 38.1 Å². The summed E-state index contributed by atoms with van der Waals surface area (Å²) < 4.78 is 0. The van der Waals surface area contributed by atoms with E-state index in [0.29, 0.717) is 6.42 Å². The lowest BCUT2D eigenvalue weighted by Gasteiger charge is -2.46. The van der Waals surface area contributed by atoms with E-state index < -0.39 is 5.97 Å². The molecule has 1 rings (SSSR count). The Morgan fingerprint density at radius 1 is 1.32 bits per heavy atom. The maximum absolute atomic E-state index is 11.9. The minimum Gasteiger partial charge on any atom is -0.481 e. The molecule has 0 saturated heterocycles. The van der Waals surface area contributed by atoms with Crippen molar-refractivity contribution >= 4 is 11.9 Å². The number of carboxylic acids is 1. The zero-order valence-corrected chi connectivity index (χ0v) is 12.5.